The lowest BCUT2D eigenvalue weighted by Crippen LogP contribution is -2.37. The highest BCUT2D eigenvalue weighted by atomic mass is 28.3. The molecule has 0 aliphatic carbocycles. The van der Waals surface area contributed by atoms with Crippen molar-refractivity contribution in [3.05, 3.63) is 109 Å². The molecule has 0 saturated heterocycles. The second-order valence-electron chi connectivity index (χ2n) is 10.1. The quantitative estimate of drug-likeness (QED) is 0.226. The number of alkyl halides is 3. The highest BCUT2D eigenvalue weighted by molar-refractivity contribution is 6.88. The van der Waals surface area contributed by atoms with Crippen LogP contribution in [0, 0.1) is 0 Å². The molecule has 0 bridgehead atoms. The van der Waals surface area contributed by atoms with E-state index in [4.69, 9.17) is 0 Å². The normalized spacial score (nSPS) is 12.2. The maximum Gasteiger partial charge on any atom is 0.416 e. The topological polar surface area (TPSA) is 12.9 Å². The molecule has 4 aromatic carbocycles. The third-order valence-corrected chi connectivity index (χ3v) is 8.59. The smallest absolute Gasteiger partial charge is 0.256 e. The minimum atomic E-state index is -4.34. The number of pyridine rings is 1. The van der Waals surface area contributed by atoms with E-state index in [1.165, 1.54) is 33.8 Å². The third kappa shape index (κ3) is 4.98. The van der Waals surface area contributed by atoms with Crippen molar-refractivity contribution >= 4 is 24.0 Å². The van der Waals surface area contributed by atoms with E-state index < -0.39 is 19.8 Å². The average molecular weight is 498 g/mol. The van der Waals surface area contributed by atoms with Gasteiger partial charge in [0.1, 0.15) is 0 Å². The van der Waals surface area contributed by atoms with Crippen LogP contribution in [0.5, 0.6) is 0 Å². The van der Waals surface area contributed by atoms with Crippen molar-refractivity contribution in [3.63, 3.8) is 0 Å². The summed E-state index contributed by atoms with van der Waals surface area (Å²) in [7, 11) is -1.32. The Morgan fingerprint density at radius 2 is 1.06 bits per heavy atom. The van der Waals surface area contributed by atoms with Crippen molar-refractivity contribution < 1.29 is 13.2 Å². The van der Waals surface area contributed by atoms with Gasteiger partial charge in [-0.2, -0.15) is 13.2 Å². The molecule has 5 rings (SSSR count). The first kappa shape index (κ1) is 24.0. The molecule has 0 unspecified atom stereocenters. The second-order valence-corrected chi connectivity index (χ2v) is 15.2. The predicted molar refractivity (Wildman–Crippen MR) is 146 cm³/mol. The van der Waals surface area contributed by atoms with E-state index in [1.54, 1.807) is 6.20 Å². The van der Waals surface area contributed by atoms with Gasteiger partial charge in [-0.05, 0) is 57.8 Å². The fourth-order valence-electron chi connectivity index (χ4n) is 4.33. The van der Waals surface area contributed by atoms with E-state index in [0.29, 0.717) is 11.3 Å². The Hall–Kier alpha value is -3.70. The fourth-order valence-corrected chi connectivity index (χ4v) is 5.50. The molecule has 0 aliphatic heterocycles. The van der Waals surface area contributed by atoms with Crippen LogP contribution in [0.1, 0.15) is 5.56 Å². The molecule has 180 valence electrons. The number of rotatable bonds is 4. The Kier molecular flexibility index (Phi) is 6.05. The summed E-state index contributed by atoms with van der Waals surface area (Å²) in [6.45, 7) is 7.06. The lowest BCUT2D eigenvalue weighted by atomic mass is 9.98. The number of aromatic nitrogens is 1. The average Bonchev–Trinajstić information content (AvgIpc) is 2.87. The van der Waals surface area contributed by atoms with Crippen LogP contribution >= 0.6 is 0 Å². The van der Waals surface area contributed by atoms with Crippen molar-refractivity contribution in [3.8, 4) is 33.5 Å². The van der Waals surface area contributed by atoms with Gasteiger partial charge >= 0.3 is 6.18 Å². The van der Waals surface area contributed by atoms with Crippen LogP contribution in [0.4, 0.5) is 13.2 Å². The van der Waals surface area contributed by atoms with Gasteiger partial charge in [0.15, 0.2) is 0 Å². The van der Waals surface area contributed by atoms with Gasteiger partial charge in [0, 0.05) is 17.3 Å². The summed E-state index contributed by atoms with van der Waals surface area (Å²) in [6.07, 6.45) is -2.58. The molecule has 0 fully saturated rings. The van der Waals surface area contributed by atoms with Gasteiger partial charge in [-0.25, -0.2) is 0 Å². The molecular weight excluding hydrogens is 471 g/mol. The Balaban J connectivity index is 1.38. The third-order valence-electron chi connectivity index (χ3n) is 6.53. The van der Waals surface area contributed by atoms with E-state index in [9.17, 15) is 13.2 Å². The molecule has 0 amide bonds. The number of hydrogen-bond acceptors (Lipinski definition) is 1. The lowest BCUT2D eigenvalue weighted by Gasteiger charge is -2.17. The van der Waals surface area contributed by atoms with Crippen LogP contribution in [0.2, 0.25) is 19.6 Å². The minimum absolute atomic E-state index is 0.637. The van der Waals surface area contributed by atoms with Gasteiger partial charge in [0.05, 0.1) is 19.3 Å². The molecule has 0 aliphatic rings. The molecule has 0 spiro atoms. The minimum Gasteiger partial charge on any atom is -0.256 e. The van der Waals surface area contributed by atoms with Gasteiger partial charge in [0.2, 0.25) is 0 Å². The first-order chi connectivity index (χ1) is 17.1. The predicted octanol–water partition coefficient (Wildman–Crippen LogP) is 8.80. The number of halogens is 3. The zero-order valence-corrected chi connectivity index (χ0v) is 21.4. The molecule has 5 aromatic rings. The molecule has 0 saturated carbocycles. The summed E-state index contributed by atoms with van der Waals surface area (Å²) in [4.78, 5) is 4.50. The standard InChI is InChI=1S/C31H26F3NSi/c1-36(2,3)29-15-10-21(11-16-29)23-4-5-25-19-26(7-6-24(25)18-23)27-12-17-30(35-20-27)22-8-13-28(14-9-22)31(32,33)34/h4-20H,1-3H3. The molecule has 1 nitrogen and oxygen atoms in total. The molecule has 1 heterocycles. The van der Waals surface area contributed by atoms with E-state index >= 15 is 0 Å². The number of benzene rings is 4. The van der Waals surface area contributed by atoms with Crippen molar-refractivity contribution in [2.75, 3.05) is 0 Å². The van der Waals surface area contributed by atoms with Gasteiger partial charge in [0.25, 0.3) is 0 Å². The van der Waals surface area contributed by atoms with Crippen LogP contribution in [0.3, 0.4) is 0 Å². The molecule has 5 heteroatoms. The Bertz CT molecular complexity index is 1510. The monoisotopic (exact) mass is 497 g/mol. The molecule has 0 atom stereocenters. The van der Waals surface area contributed by atoms with E-state index in [1.807, 2.05) is 12.1 Å². The lowest BCUT2D eigenvalue weighted by molar-refractivity contribution is -0.137. The first-order valence-corrected chi connectivity index (χ1v) is 15.4. The number of fused-ring (bicyclic) bond motifs is 1. The summed E-state index contributed by atoms with van der Waals surface area (Å²) < 4.78 is 38.5. The molecule has 0 N–H and O–H groups in total. The summed E-state index contributed by atoms with van der Waals surface area (Å²) in [6, 6.07) is 30.7. The van der Waals surface area contributed by atoms with Crippen molar-refractivity contribution in [2.24, 2.45) is 0 Å². The van der Waals surface area contributed by atoms with Crippen molar-refractivity contribution in [1.29, 1.82) is 0 Å². The highest BCUT2D eigenvalue weighted by Crippen LogP contribution is 2.32. The van der Waals surface area contributed by atoms with Crippen LogP contribution in [0.15, 0.2) is 103 Å². The molecular formula is C31H26F3NSi. The van der Waals surface area contributed by atoms with Crippen LogP contribution < -0.4 is 5.19 Å². The summed E-state index contributed by atoms with van der Waals surface area (Å²) in [5.41, 5.74) is 5.04. The first-order valence-electron chi connectivity index (χ1n) is 11.9. The SMILES string of the molecule is C[Si](C)(C)c1ccc(-c2ccc3cc(-c4ccc(-c5ccc(C(F)(F)F)cc5)nc4)ccc3c2)cc1. The molecule has 36 heavy (non-hydrogen) atoms. The maximum atomic E-state index is 12.8. The number of hydrogen-bond donors (Lipinski definition) is 0. The second kappa shape index (κ2) is 9.06. The van der Waals surface area contributed by atoms with E-state index in [0.717, 1.165) is 28.6 Å². The zero-order chi connectivity index (χ0) is 25.5. The highest BCUT2D eigenvalue weighted by Gasteiger charge is 2.30. The Morgan fingerprint density at radius 3 is 1.56 bits per heavy atom. The Morgan fingerprint density at radius 1 is 0.556 bits per heavy atom. The van der Waals surface area contributed by atoms with Crippen LogP contribution in [-0.4, -0.2) is 13.1 Å². The largest absolute Gasteiger partial charge is 0.416 e. The summed E-state index contributed by atoms with van der Waals surface area (Å²) in [5, 5.41) is 3.76. The van der Waals surface area contributed by atoms with Crippen molar-refractivity contribution in [2.45, 2.75) is 25.8 Å². The van der Waals surface area contributed by atoms with Gasteiger partial charge in [-0.15, -0.1) is 0 Å². The van der Waals surface area contributed by atoms with E-state index in [2.05, 4.69) is 85.3 Å². The van der Waals surface area contributed by atoms with Gasteiger partial charge < -0.3 is 0 Å². The van der Waals surface area contributed by atoms with Crippen LogP contribution in [-0.2, 0) is 6.18 Å². The zero-order valence-electron chi connectivity index (χ0n) is 20.4. The maximum absolute atomic E-state index is 12.8. The number of nitrogens with zero attached hydrogens (tertiary/aromatic N) is 1. The van der Waals surface area contributed by atoms with Crippen molar-refractivity contribution in [1.82, 2.24) is 4.98 Å². The molecule has 0 radical (unpaired) electrons. The van der Waals surface area contributed by atoms with E-state index in [-0.39, 0.29) is 0 Å². The van der Waals surface area contributed by atoms with Gasteiger partial charge in [-0.1, -0.05) is 91.6 Å². The van der Waals surface area contributed by atoms with Gasteiger partial charge in [-0.3, -0.25) is 4.98 Å². The fraction of sp³-hybridized carbons (Fsp3) is 0.129. The summed E-state index contributed by atoms with van der Waals surface area (Å²) in [5.74, 6) is 0. The Labute approximate surface area is 210 Å². The summed E-state index contributed by atoms with van der Waals surface area (Å²) >= 11 is 0. The van der Waals surface area contributed by atoms with Crippen LogP contribution in [0.25, 0.3) is 44.3 Å². The molecule has 1 aromatic heterocycles.